The summed E-state index contributed by atoms with van der Waals surface area (Å²) in [6.45, 7) is 0.655. The second-order valence-electron chi connectivity index (χ2n) is 8.51. The van der Waals surface area contributed by atoms with E-state index in [9.17, 15) is 18.7 Å². The quantitative estimate of drug-likeness (QED) is 0.359. The fourth-order valence-electron chi connectivity index (χ4n) is 4.22. The van der Waals surface area contributed by atoms with Crippen LogP contribution >= 0.6 is 15.9 Å². The molecule has 1 heterocycles. The molecule has 1 saturated heterocycles. The number of hydrogen-bond donors (Lipinski definition) is 1. The Kier molecular flexibility index (Phi) is 7.90. The fraction of sp³-hybridized carbons (Fsp3) is 0.296. The van der Waals surface area contributed by atoms with Gasteiger partial charge in [0.1, 0.15) is 17.2 Å². The second-order valence-corrected chi connectivity index (χ2v) is 9.37. The summed E-state index contributed by atoms with van der Waals surface area (Å²) in [6, 6.07) is 15.3. The van der Waals surface area contributed by atoms with Crippen LogP contribution in [0.1, 0.15) is 29.5 Å². The van der Waals surface area contributed by atoms with Crippen LogP contribution in [0.5, 0.6) is 17.2 Å². The normalized spacial score (nSPS) is 13.3. The Morgan fingerprint density at radius 1 is 1.09 bits per heavy atom. The van der Waals surface area contributed by atoms with E-state index in [4.69, 9.17) is 4.74 Å². The third kappa shape index (κ3) is 6.31. The van der Waals surface area contributed by atoms with E-state index in [1.165, 1.54) is 12.1 Å². The number of aryl methyl sites for hydroxylation is 1. The molecule has 0 atom stereocenters. The second kappa shape index (κ2) is 11.1. The summed E-state index contributed by atoms with van der Waals surface area (Å²) < 4.78 is 36.3. The molecule has 0 aromatic heterocycles. The Bertz CT molecular complexity index is 1190. The van der Waals surface area contributed by atoms with Gasteiger partial charge in [0.2, 0.25) is 0 Å². The number of nitrogens with zero attached hydrogens (tertiary/aromatic N) is 1. The molecule has 5 nitrogen and oxygen atoms in total. The molecule has 0 aliphatic carbocycles. The summed E-state index contributed by atoms with van der Waals surface area (Å²) in [5.74, 6) is 0.692. The Balaban J connectivity index is 1.50. The van der Waals surface area contributed by atoms with E-state index in [0.717, 1.165) is 47.1 Å². The van der Waals surface area contributed by atoms with E-state index in [-0.39, 0.29) is 24.0 Å². The number of aromatic hydroxyl groups is 1. The average Bonchev–Trinajstić information content (AvgIpc) is 3.36. The van der Waals surface area contributed by atoms with Crippen molar-refractivity contribution in [3.8, 4) is 28.4 Å². The number of carbonyl (C=O) groups is 1. The highest BCUT2D eigenvalue weighted by atomic mass is 79.9. The molecule has 1 N–H and O–H groups in total. The predicted octanol–water partition coefficient (Wildman–Crippen LogP) is 6.32. The van der Waals surface area contributed by atoms with E-state index in [2.05, 4.69) is 20.7 Å². The Morgan fingerprint density at radius 3 is 2.57 bits per heavy atom. The van der Waals surface area contributed by atoms with Gasteiger partial charge >= 0.3 is 6.61 Å². The van der Waals surface area contributed by atoms with Crippen LogP contribution in [0.4, 0.5) is 8.78 Å². The zero-order valence-electron chi connectivity index (χ0n) is 19.3. The smallest absolute Gasteiger partial charge is 0.387 e. The number of hydrogen-bond acceptors (Lipinski definition) is 4. The molecular weight excluding hydrogens is 520 g/mol. The van der Waals surface area contributed by atoms with Gasteiger partial charge in [-0.25, -0.2) is 0 Å². The van der Waals surface area contributed by atoms with Gasteiger partial charge in [0, 0.05) is 23.1 Å². The van der Waals surface area contributed by atoms with E-state index < -0.39 is 6.61 Å². The van der Waals surface area contributed by atoms with Crippen molar-refractivity contribution in [1.82, 2.24) is 4.90 Å². The first-order chi connectivity index (χ1) is 16.8. The summed E-state index contributed by atoms with van der Waals surface area (Å²) in [5.41, 5.74) is 4.06. The number of rotatable bonds is 8. The van der Waals surface area contributed by atoms with Crippen molar-refractivity contribution < 1.29 is 28.2 Å². The van der Waals surface area contributed by atoms with Crippen LogP contribution in [0.2, 0.25) is 0 Å². The Morgan fingerprint density at radius 2 is 1.86 bits per heavy atom. The molecule has 0 bridgehead atoms. The van der Waals surface area contributed by atoms with Crippen LogP contribution in [0, 0.1) is 6.92 Å². The van der Waals surface area contributed by atoms with Gasteiger partial charge in [-0.15, -0.1) is 0 Å². The molecule has 3 aromatic carbocycles. The number of ether oxygens (including phenoxy) is 2. The van der Waals surface area contributed by atoms with Gasteiger partial charge in [-0.1, -0.05) is 34.1 Å². The molecule has 4 rings (SSSR count). The number of phenolic OH excluding ortho intramolecular Hbond substituents is 1. The highest BCUT2D eigenvalue weighted by molar-refractivity contribution is 9.10. The Hall–Kier alpha value is -3.13. The number of likely N-dealkylation sites (tertiary alicyclic amines) is 1. The topological polar surface area (TPSA) is 59.0 Å². The summed E-state index contributed by atoms with van der Waals surface area (Å²) in [5, 5.41) is 10.4. The minimum atomic E-state index is -2.92. The molecule has 8 heteroatoms. The minimum Gasteiger partial charge on any atom is -0.507 e. The van der Waals surface area contributed by atoms with Gasteiger partial charge in [0.25, 0.3) is 5.91 Å². The largest absolute Gasteiger partial charge is 0.507 e. The van der Waals surface area contributed by atoms with Crippen molar-refractivity contribution in [2.24, 2.45) is 0 Å². The zero-order valence-corrected chi connectivity index (χ0v) is 20.9. The van der Waals surface area contributed by atoms with Gasteiger partial charge in [-0.3, -0.25) is 4.79 Å². The van der Waals surface area contributed by atoms with Gasteiger partial charge in [-0.05, 0) is 84.8 Å². The zero-order chi connectivity index (χ0) is 24.9. The van der Waals surface area contributed by atoms with Gasteiger partial charge in [0.15, 0.2) is 6.61 Å². The molecule has 1 aliphatic heterocycles. The lowest BCUT2D eigenvalue weighted by Crippen LogP contribution is -2.32. The Labute approximate surface area is 211 Å². The van der Waals surface area contributed by atoms with Crippen molar-refractivity contribution in [2.75, 3.05) is 19.7 Å². The lowest BCUT2D eigenvalue weighted by Gasteiger charge is -2.17. The lowest BCUT2D eigenvalue weighted by atomic mass is 9.96. The number of halogens is 3. The molecule has 0 unspecified atom stereocenters. The SMILES string of the molecule is Cc1cc(OCC(=O)N2CCCC2)cc(Br)c1Cc1ccc(O)c(-c2cccc(OC(F)F)c2)c1. The van der Waals surface area contributed by atoms with Crippen molar-refractivity contribution in [2.45, 2.75) is 32.8 Å². The monoisotopic (exact) mass is 545 g/mol. The highest BCUT2D eigenvalue weighted by Gasteiger charge is 2.19. The van der Waals surface area contributed by atoms with Crippen molar-refractivity contribution in [3.05, 3.63) is 75.8 Å². The average molecular weight is 546 g/mol. The summed E-state index contributed by atoms with van der Waals surface area (Å²) in [6.07, 6.45) is 2.65. The molecule has 0 spiro atoms. The first kappa shape index (κ1) is 25.0. The first-order valence-electron chi connectivity index (χ1n) is 11.4. The minimum absolute atomic E-state index is 0.00000554. The van der Waals surface area contributed by atoms with Crippen molar-refractivity contribution >= 4 is 21.8 Å². The molecule has 1 aliphatic rings. The van der Waals surface area contributed by atoms with E-state index >= 15 is 0 Å². The van der Waals surface area contributed by atoms with Gasteiger partial charge in [-0.2, -0.15) is 8.78 Å². The molecule has 3 aromatic rings. The van der Waals surface area contributed by atoms with E-state index in [0.29, 0.717) is 23.3 Å². The number of alkyl halides is 2. The number of amides is 1. The van der Waals surface area contributed by atoms with Crippen LogP contribution in [0.3, 0.4) is 0 Å². The predicted molar refractivity (Wildman–Crippen MR) is 133 cm³/mol. The van der Waals surface area contributed by atoms with Crippen LogP contribution in [-0.4, -0.2) is 42.2 Å². The standard InChI is InChI=1S/C27H26BrF2NO4/c1-17-11-21(34-16-26(33)31-9-2-3-10-31)15-24(28)22(17)12-18-7-8-25(32)23(13-18)19-5-4-6-20(14-19)35-27(29)30/h4-8,11,13-15,27,32H,2-3,9-10,12,16H2,1H3. The van der Waals surface area contributed by atoms with Crippen LogP contribution in [-0.2, 0) is 11.2 Å². The maximum Gasteiger partial charge on any atom is 0.387 e. The molecule has 1 amide bonds. The lowest BCUT2D eigenvalue weighted by molar-refractivity contribution is -0.132. The van der Waals surface area contributed by atoms with Crippen molar-refractivity contribution in [1.29, 1.82) is 0 Å². The van der Waals surface area contributed by atoms with Gasteiger partial charge in [0.05, 0.1) is 0 Å². The first-order valence-corrected chi connectivity index (χ1v) is 12.2. The van der Waals surface area contributed by atoms with Crippen LogP contribution < -0.4 is 9.47 Å². The van der Waals surface area contributed by atoms with E-state index in [1.54, 1.807) is 18.2 Å². The maximum absolute atomic E-state index is 12.6. The fourth-order valence-corrected chi connectivity index (χ4v) is 4.90. The molecule has 0 saturated carbocycles. The summed E-state index contributed by atoms with van der Waals surface area (Å²) >= 11 is 3.63. The number of benzene rings is 3. The molecule has 1 fully saturated rings. The molecular formula is C27H26BrF2NO4. The molecule has 184 valence electrons. The molecule has 0 radical (unpaired) electrons. The number of carbonyl (C=O) groups excluding carboxylic acids is 1. The van der Waals surface area contributed by atoms with Gasteiger partial charge < -0.3 is 19.5 Å². The molecule has 35 heavy (non-hydrogen) atoms. The van der Waals surface area contributed by atoms with Crippen LogP contribution in [0.15, 0.2) is 59.1 Å². The highest BCUT2D eigenvalue weighted by Crippen LogP contribution is 2.35. The maximum atomic E-state index is 12.6. The van der Waals surface area contributed by atoms with Crippen LogP contribution in [0.25, 0.3) is 11.1 Å². The van der Waals surface area contributed by atoms with Crippen molar-refractivity contribution in [3.63, 3.8) is 0 Å². The third-order valence-corrected chi connectivity index (χ3v) is 6.73. The summed E-state index contributed by atoms with van der Waals surface area (Å²) in [7, 11) is 0. The summed E-state index contributed by atoms with van der Waals surface area (Å²) in [4.78, 5) is 14.1. The third-order valence-electron chi connectivity index (χ3n) is 6.03. The van der Waals surface area contributed by atoms with E-state index in [1.807, 2.05) is 36.1 Å². The number of phenols is 1.